The number of amides is 2. The topological polar surface area (TPSA) is 143 Å². The van der Waals surface area contributed by atoms with E-state index in [4.69, 9.17) is 5.11 Å². The number of hydrogen-bond acceptors (Lipinski definition) is 8. The number of likely N-dealkylation sites (tertiary alicyclic amines) is 1. The monoisotopic (exact) mass is 559 g/mol. The molecule has 10 nitrogen and oxygen atoms in total. The van der Waals surface area contributed by atoms with E-state index >= 15 is 0 Å². The van der Waals surface area contributed by atoms with Gasteiger partial charge in [0.1, 0.15) is 18.6 Å². The number of hydrogen-bond donors (Lipinski definition) is 3. The lowest BCUT2D eigenvalue weighted by Gasteiger charge is -2.21. The number of nitriles is 1. The number of nitrogens with one attached hydrogen (secondary N) is 2. The fourth-order valence-electron chi connectivity index (χ4n) is 3.99. The van der Waals surface area contributed by atoms with Gasteiger partial charge >= 0.3 is 0 Å². The summed E-state index contributed by atoms with van der Waals surface area (Å²) in [7, 11) is 5.55. The molecule has 224 valence electrons. The third-order valence-electron chi connectivity index (χ3n) is 6.00. The molecule has 2 fully saturated rings. The highest BCUT2D eigenvalue weighted by atomic mass is 16.3. The van der Waals surface area contributed by atoms with E-state index in [0.29, 0.717) is 31.6 Å². The van der Waals surface area contributed by atoms with Crippen LogP contribution in [-0.4, -0.2) is 91.7 Å². The van der Waals surface area contributed by atoms with Crippen LogP contribution in [0.5, 0.6) is 0 Å². The van der Waals surface area contributed by atoms with Crippen LogP contribution in [0.1, 0.15) is 58.4 Å². The highest BCUT2D eigenvalue weighted by Gasteiger charge is 2.38. The second-order valence-corrected chi connectivity index (χ2v) is 10.9. The number of likely N-dealkylation sites (N-methyl/N-ethyl adjacent to an activating group) is 1. The van der Waals surface area contributed by atoms with Gasteiger partial charge in [0.05, 0.1) is 31.1 Å². The minimum absolute atomic E-state index is 0.0278. The molecule has 2 amide bonds. The van der Waals surface area contributed by atoms with Gasteiger partial charge in [-0.1, -0.05) is 39.0 Å². The molecule has 2 aliphatic rings. The Morgan fingerprint density at radius 3 is 2.15 bits per heavy atom. The molecule has 4 atom stereocenters. The molecule has 1 aliphatic carbocycles. The van der Waals surface area contributed by atoms with Gasteiger partial charge in [-0.25, -0.2) is 0 Å². The van der Waals surface area contributed by atoms with Crippen molar-refractivity contribution < 1.29 is 24.3 Å². The third-order valence-corrected chi connectivity index (χ3v) is 6.00. The van der Waals surface area contributed by atoms with Crippen LogP contribution in [0.4, 0.5) is 5.69 Å². The van der Waals surface area contributed by atoms with Crippen LogP contribution in [0.3, 0.4) is 0 Å². The fraction of sp³-hybridized carbons (Fsp3) is 0.633. The van der Waals surface area contributed by atoms with Crippen molar-refractivity contribution in [3.63, 3.8) is 0 Å². The highest BCUT2D eigenvalue weighted by Crippen LogP contribution is 2.25. The van der Waals surface area contributed by atoms with Crippen LogP contribution in [0.25, 0.3) is 0 Å². The summed E-state index contributed by atoms with van der Waals surface area (Å²) >= 11 is 0. The standard InChI is InChI=1S/C17H22N4O2.C6H13NO.C4H10.C3H4O2/c1-12-6-4-5-7-15(12)19-17(23)13-8-14(9-18)21(10-13)16(22)11-20(2)3;1-7-5-2-3-6(8)4-5;1-4(2)3;4-2-1-3-5/h4-7,13-14H,8,10-11H2,1-3H3,(H,19,23);5-8H,2-4H2,1H3;4H,1-3H3;2-3H,1H2. The van der Waals surface area contributed by atoms with Crippen molar-refractivity contribution in [2.45, 2.75) is 78.0 Å². The van der Waals surface area contributed by atoms with Gasteiger partial charge in [-0.05, 0) is 71.3 Å². The van der Waals surface area contributed by atoms with E-state index in [1.165, 1.54) is 4.90 Å². The first-order chi connectivity index (χ1) is 18.9. The lowest BCUT2D eigenvalue weighted by Crippen LogP contribution is -2.40. The molecular formula is C30H49N5O5. The van der Waals surface area contributed by atoms with E-state index in [2.05, 4.69) is 37.5 Å². The molecular weight excluding hydrogens is 510 g/mol. The summed E-state index contributed by atoms with van der Waals surface area (Å²) in [6, 6.07) is 9.72. The smallest absolute Gasteiger partial charge is 0.237 e. The van der Waals surface area contributed by atoms with Gasteiger partial charge in [0, 0.05) is 18.3 Å². The van der Waals surface area contributed by atoms with E-state index in [0.717, 1.165) is 36.4 Å². The summed E-state index contributed by atoms with van der Waals surface area (Å²) in [5, 5.41) is 24.3. The average molecular weight is 560 g/mol. The van der Waals surface area contributed by atoms with Crippen molar-refractivity contribution in [2.75, 3.05) is 39.5 Å². The molecule has 1 heterocycles. The number of anilines is 1. The van der Waals surface area contributed by atoms with Gasteiger partial charge < -0.3 is 35.1 Å². The number of para-hydroxylation sites is 1. The first-order valence-electron chi connectivity index (χ1n) is 13.8. The molecule has 40 heavy (non-hydrogen) atoms. The first-order valence-corrected chi connectivity index (χ1v) is 13.8. The van der Waals surface area contributed by atoms with Crippen molar-refractivity contribution in [1.29, 1.82) is 5.26 Å². The number of aldehydes is 2. The molecule has 3 N–H and O–H groups in total. The lowest BCUT2D eigenvalue weighted by atomic mass is 10.0. The van der Waals surface area contributed by atoms with Crippen molar-refractivity contribution in [3.05, 3.63) is 29.8 Å². The molecule has 0 spiro atoms. The Bertz CT molecular complexity index is 938. The number of benzene rings is 1. The van der Waals surface area contributed by atoms with Gasteiger partial charge in [0.15, 0.2) is 0 Å². The average Bonchev–Trinajstić information content (AvgIpc) is 3.52. The Balaban J connectivity index is 0.000000725. The van der Waals surface area contributed by atoms with Gasteiger partial charge in [0.25, 0.3) is 0 Å². The van der Waals surface area contributed by atoms with E-state index in [9.17, 15) is 24.4 Å². The van der Waals surface area contributed by atoms with Crippen LogP contribution in [0, 0.1) is 30.1 Å². The maximum absolute atomic E-state index is 12.4. The normalized spacial score (nSPS) is 21.1. The number of carbonyl (C=O) groups is 4. The van der Waals surface area contributed by atoms with Crippen LogP contribution < -0.4 is 10.6 Å². The Hall–Kier alpha value is -3.13. The SMILES string of the molecule is CC(C)C.CNC1CCC(O)C1.Cc1ccccc1NC(=O)C1CC(C#N)N(C(=O)CN(C)C)C1.O=CCC=O. The van der Waals surface area contributed by atoms with Crippen molar-refractivity contribution >= 4 is 30.1 Å². The number of nitrogens with zero attached hydrogens (tertiary/aromatic N) is 3. The Labute approximate surface area is 240 Å². The molecule has 4 unspecified atom stereocenters. The second-order valence-electron chi connectivity index (χ2n) is 10.9. The molecule has 10 heteroatoms. The van der Waals surface area contributed by atoms with Gasteiger partial charge in [-0.2, -0.15) is 5.26 Å². The van der Waals surface area contributed by atoms with Gasteiger partial charge in [0.2, 0.25) is 11.8 Å². The number of aliphatic hydroxyl groups is 1. The summed E-state index contributed by atoms with van der Waals surface area (Å²) in [6.45, 7) is 8.96. The maximum atomic E-state index is 12.4. The van der Waals surface area contributed by atoms with Crippen LogP contribution in [-0.2, 0) is 19.2 Å². The molecule has 1 aromatic carbocycles. The highest BCUT2D eigenvalue weighted by molar-refractivity contribution is 5.94. The molecule has 0 bridgehead atoms. The summed E-state index contributed by atoms with van der Waals surface area (Å²) in [4.78, 5) is 46.3. The van der Waals surface area contributed by atoms with Crippen LogP contribution in [0.2, 0.25) is 0 Å². The molecule has 0 radical (unpaired) electrons. The Morgan fingerprint density at radius 2 is 1.75 bits per heavy atom. The maximum Gasteiger partial charge on any atom is 0.237 e. The van der Waals surface area contributed by atoms with E-state index in [1.54, 1.807) is 19.0 Å². The fourth-order valence-corrected chi connectivity index (χ4v) is 3.99. The van der Waals surface area contributed by atoms with Gasteiger partial charge in [-0.3, -0.25) is 9.59 Å². The quantitative estimate of drug-likeness (QED) is 0.342. The second kappa shape index (κ2) is 20.7. The molecule has 1 aromatic rings. The summed E-state index contributed by atoms with van der Waals surface area (Å²) in [5.74, 6) is 0.220. The van der Waals surface area contributed by atoms with Crippen molar-refractivity contribution in [2.24, 2.45) is 11.8 Å². The predicted octanol–water partition coefficient (Wildman–Crippen LogP) is 2.79. The molecule has 3 rings (SSSR count). The largest absolute Gasteiger partial charge is 0.393 e. The van der Waals surface area contributed by atoms with Crippen LogP contribution >= 0.6 is 0 Å². The summed E-state index contributed by atoms with van der Waals surface area (Å²) in [5.41, 5.74) is 1.75. The van der Waals surface area contributed by atoms with Crippen molar-refractivity contribution in [3.8, 4) is 6.07 Å². The number of aryl methyl sites for hydroxylation is 1. The predicted molar refractivity (Wildman–Crippen MR) is 158 cm³/mol. The molecule has 1 aliphatic heterocycles. The Morgan fingerprint density at radius 1 is 1.15 bits per heavy atom. The molecule has 1 saturated carbocycles. The number of carbonyl (C=O) groups excluding carboxylic acids is 4. The van der Waals surface area contributed by atoms with E-state index in [1.807, 2.05) is 38.2 Å². The molecule has 0 aromatic heterocycles. The minimum atomic E-state index is -0.532. The zero-order valence-electron chi connectivity index (χ0n) is 25.2. The summed E-state index contributed by atoms with van der Waals surface area (Å²) in [6.07, 6.45) is 4.56. The minimum Gasteiger partial charge on any atom is -0.393 e. The van der Waals surface area contributed by atoms with E-state index < -0.39 is 6.04 Å². The van der Waals surface area contributed by atoms with Crippen molar-refractivity contribution in [1.82, 2.24) is 15.1 Å². The zero-order chi connectivity index (χ0) is 30.7. The third kappa shape index (κ3) is 15.5. The first kappa shape index (κ1) is 36.9. The summed E-state index contributed by atoms with van der Waals surface area (Å²) < 4.78 is 0. The number of rotatable bonds is 7. The van der Waals surface area contributed by atoms with Crippen LogP contribution in [0.15, 0.2) is 24.3 Å². The zero-order valence-corrected chi connectivity index (χ0v) is 25.2. The van der Waals surface area contributed by atoms with E-state index in [-0.39, 0.29) is 36.8 Å². The number of aliphatic hydroxyl groups excluding tert-OH is 1. The molecule has 1 saturated heterocycles. The van der Waals surface area contributed by atoms with Gasteiger partial charge in [-0.15, -0.1) is 0 Å². The Kier molecular flexibility index (Phi) is 19.1. The lowest BCUT2D eigenvalue weighted by molar-refractivity contribution is -0.132.